The van der Waals surface area contributed by atoms with Crippen LogP contribution >= 0.6 is 0 Å². The van der Waals surface area contributed by atoms with Crippen molar-refractivity contribution in [2.75, 3.05) is 7.05 Å². The van der Waals surface area contributed by atoms with E-state index >= 15 is 0 Å². The number of cyclic esters (lactones) is 4. The standard InChI is InChI=1S/C27H11NO12/c1-28-20(29)18-16(37-22(31)10-2-4-12-14(8-10)26(35)39-24(12)33)6-7-17(19(18)21(28)30)38-23(32)11-3-5-13-15(9-11)27(36)40-25(13)34/h2-9H,1H3. The number of hydrogen-bond donors (Lipinski definition) is 0. The number of nitrogens with zero attached hydrogens (tertiary/aromatic N) is 1. The van der Waals surface area contributed by atoms with E-state index in [9.17, 15) is 38.4 Å². The number of ether oxygens (including phenoxy) is 4. The molecule has 0 unspecified atom stereocenters. The summed E-state index contributed by atoms with van der Waals surface area (Å²) in [5, 5.41) is 0. The number of amides is 2. The van der Waals surface area contributed by atoms with Gasteiger partial charge in [-0.25, -0.2) is 28.8 Å². The van der Waals surface area contributed by atoms with Crippen LogP contribution in [0.15, 0.2) is 48.5 Å². The fourth-order valence-corrected chi connectivity index (χ4v) is 4.33. The lowest BCUT2D eigenvalue weighted by Gasteiger charge is -2.11. The Labute approximate surface area is 221 Å². The number of benzene rings is 3. The van der Waals surface area contributed by atoms with Crippen LogP contribution in [-0.2, 0) is 9.47 Å². The number of carbonyl (C=O) groups is 8. The minimum absolute atomic E-state index is 0.0251. The molecule has 40 heavy (non-hydrogen) atoms. The van der Waals surface area contributed by atoms with E-state index in [0.29, 0.717) is 0 Å². The van der Waals surface area contributed by atoms with Crippen LogP contribution in [0.2, 0.25) is 0 Å². The maximum atomic E-state index is 12.9. The number of esters is 6. The average molecular weight is 541 g/mol. The van der Waals surface area contributed by atoms with Crippen molar-refractivity contribution in [2.24, 2.45) is 0 Å². The van der Waals surface area contributed by atoms with Crippen LogP contribution in [0.3, 0.4) is 0 Å². The van der Waals surface area contributed by atoms with Crippen molar-refractivity contribution < 1.29 is 57.3 Å². The zero-order valence-electron chi connectivity index (χ0n) is 20.0. The molecule has 0 bridgehead atoms. The Kier molecular flexibility index (Phi) is 5.19. The molecule has 0 saturated carbocycles. The minimum atomic E-state index is -1.02. The van der Waals surface area contributed by atoms with Gasteiger partial charge in [-0.15, -0.1) is 0 Å². The van der Waals surface area contributed by atoms with E-state index in [2.05, 4.69) is 9.47 Å². The van der Waals surface area contributed by atoms with Crippen LogP contribution in [-0.4, -0.2) is 59.6 Å². The zero-order valence-corrected chi connectivity index (χ0v) is 20.0. The van der Waals surface area contributed by atoms with Crippen molar-refractivity contribution in [3.05, 3.63) is 93.0 Å². The van der Waals surface area contributed by atoms with Gasteiger partial charge < -0.3 is 18.9 Å². The van der Waals surface area contributed by atoms with E-state index < -0.39 is 47.6 Å². The normalized spacial score (nSPS) is 15.0. The number of imide groups is 1. The molecule has 0 aromatic heterocycles. The monoisotopic (exact) mass is 541 g/mol. The molecule has 196 valence electrons. The molecule has 6 rings (SSSR count). The van der Waals surface area contributed by atoms with Crippen molar-refractivity contribution >= 4 is 47.6 Å². The van der Waals surface area contributed by atoms with Crippen molar-refractivity contribution in [3.8, 4) is 11.5 Å². The molecule has 0 spiro atoms. The molecule has 2 amide bonds. The number of carbonyl (C=O) groups excluding carboxylic acids is 8. The summed E-state index contributed by atoms with van der Waals surface area (Å²) in [5.74, 6) is -7.97. The third-order valence-electron chi connectivity index (χ3n) is 6.33. The van der Waals surface area contributed by atoms with Crippen molar-refractivity contribution in [1.29, 1.82) is 0 Å². The molecule has 0 radical (unpaired) electrons. The maximum absolute atomic E-state index is 12.9. The van der Waals surface area contributed by atoms with Gasteiger partial charge in [0, 0.05) is 7.05 Å². The van der Waals surface area contributed by atoms with Crippen molar-refractivity contribution in [2.45, 2.75) is 0 Å². The second-order valence-electron chi connectivity index (χ2n) is 8.63. The van der Waals surface area contributed by atoms with Gasteiger partial charge in [-0.1, -0.05) is 0 Å². The molecule has 3 aliphatic heterocycles. The van der Waals surface area contributed by atoms with Crippen LogP contribution in [0.4, 0.5) is 0 Å². The van der Waals surface area contributed by atoms with Gasteiger partial charge >= 0.3 is 35.8 Å². The Morgan fingerprint density at radius 2 is 0.950 bits per heavy atom. The smallest absolute Gasteiger partial charge is 0.346 e. The molecule has 3 aliphatic rings. The zero-order chi connectivity index (χ0) is 28.5. The third kappa shape index (κ3) is 3.56. The molecule has 13 nitrogen and oxygen atoms in total. The van der Waals surface area contributed by atoms with E-state index in [1.807, 2.05) is 0 Å². The van der Waals surface area contributed by atoms with E-state index in [4.69, 9.17) is 9.47 Å². The Bertz CT molecular complexity index is 1690. The van der Waals surface area contributed by atoms with Gasteiger partial charge in [-0.05, 0) is 48.5 Å². The van der Waals surface area contributed by atoms with Crippen LogP contribution in [0.1, 0.15) is 82.9 Å². The Balaban J connectivity index is 1.32. The maximum Gasteiger partial charge on any atom is 0.346 e. The lowest BCUT2D eigenvalue weighted by atomic mass is 10.0. The first-order chi connectivity index (χ1) is 19.0. The number of rotatable bonds is 4. The number of fused-ring (bicyclic) bond motifs is 3. The molecule has 3 aromatic rings. The summed E-state index contributed by atoms with van der Waals surface area (Å²) in [7, 11) is 1.17. The molecule has 0 N–H and O–H groups in total. The first kappa shape index (κ1) is 24.4. The molecule has 0 saturated heterocycles. The van der Waals surface area contributed by atoms with E-state index in [1.165, 1.54) is 31.3 Å². The first-order valence-corrected chi connectivity index (χ1v) is 11.3. The summed E-state index contributed by atoms with van der Waals surface area (Å²) < 4.78 is 19.7. The molecule has 0 atom stereocenters. The largest absolute Gasteiger partial charge is 0.422 e. The lowest BCUT2D eigenvalue weighted by Crippen LogP contribution is -2.24. The molecule has 0 fully saturated rings. The fraction of sp³-hybridized carbons (Fsp3) is 0.0370. The molecule has 3 heterocycles. The minimum Gasteiger partial charge on any atom is -0.422 e. The molecular weight excluding hydrogens is 530 g/mol. The summed E-state index contributed by atoms with van der Waals surface area (Å²) in [6.07, 6.45) is 0. The molecule has 3 aromatic carbocycles. The highest BCUT2D eigenvalue weighted by atomic mass is 16.6. The predicted molar refractivity (Wildman–Crippen MR) is 125 cm³/mol. The van der Waals surface area contributed by atoms with Crippen molar-refractivity contribution in [3.63, 3.8) is 0 Å². The summed E-state index contributed by atoms with van der Waals surface area (Å²) >= 11 is 0. The van der Waals surface area contributed by atoms with Gasteiger partial charge in [-0.2, -0.15) is 0 Å². The summed E-state index contributed by atoms with van der Waals surface area (Å²) in [6.45, 7) is 0. The SMILES string of the molecule is CN1C(=O)c2c(OC(=O)c3ccc4c(c3)C(=O)OC4=O)ccc(OC(=O)c3ccc4c(c3)C(=O)OC4=O)c2C1=O. The van der Waals surface area contributed by atoms with Gasteiger partial charge in [0.25, 0.3) is 11.8 Å². The number of hydrogen-bond acceptors (Lipinski definition) is 12. The lowest BCUT2D eigenvalue weighted by molar-refractivity contribution is 0.0425. The predicted octanol–water partition coefficient (Wildman–Crippen LogP) is 1.97. The fourth-order valence-electron chi connectivity index (χ4n) is 4.33. The second kappa shape index (κ2) is 8.52. The van der Waals surface area contributed by atoms with Crippen LogP contribution in [0.25, 0.3) is 0 Å². The topological polar surface area (TPSA) is 177 Å². The van der Waals surface area contributed by atoms with Crippen LogP contribution in [0, 0.1) is 0 Å². The van der Waals surface area contributed by atoms with E-state index in [-0.39, 0.29) is 56.0 Å². The van der Waals surface area contributed by atoms with E-state index in [0.717, 1.165) is 29.2 Å². The average Bonchev–Trinajstić information content (AvgIpc) is 3.48. The molecule has 13 heteroatoms. The van der Waals surface area contributed by atoms with Gasteiger partial charge in [-0.3, -0.25) is 14.5 Å². The highest BCUT2D eigenvalue weighted by Crippen LogP contribution is 2.38. The van der Waals surface area contributed by atoms with Crippen LogP contribution < -0.4 is 9.47 Å². The molecule has 0 aliphatic carbocycles. The summed E-state index contributed by atoms with van der Waals surface area (Å²) in [5.41, 5.74) is -1.33. The Hall–Kier alpha value is -5.98. The molecular formula is C27H11NO12. The van der Waals surface area contributed by atoms with Gasteiger partial charge in [0.2, 0.25) is 0 Å². The van der Waals surface area contributed by atoms with Crippen LogP contribution in [0.5, 0.6) is 11.5 Å². The van der Waals surface area contributed by atoms with Gasteiger partial charge in [0.1, 0.15) is 11.5 Å². The quantitative estimate of drug-likeness (QED) is 0.203. The summed E-state index contributed by atoms with van der Waals surface area (Å²) in [6, 6.07) is 9.32. The highest BCUT2D eigenvalue weighted by molar-refractivity contribution is 6.24. The second-order valence-corrected chi connectivity index (χ2v) is 8.63. The van der Waals surface area contributed by atoms with Gasteiger partial charge in [0.15, 0.2) is 0 Å². The first-order valence-electron chi connectivity index (χ1n) is 11.3. The van der Waals surface area contributed by atoms with Crippen molar-refractivity contribution in [1.82, 2.24) is 4.90 Å². The summed E-state index contributed by atoms with van der Waals surface area (Å²) in [4.78, 5) is 99.1. The Morgan fingerprint density at radius 1 is 0.575 bits per heavy atom. The Morgan fingerprint density at radius 3 is 1.35 bits per heavy atom. The van der Waals surface area contributed by atoms with Gasteiger partial charge in [0.05, 0.1) is 44.5 Å². The third-order valence-corrected chi connectivity index (χ3v) is 6.33. The van der Waals surface area contributed by atoms with E-state index in [1.54, 1.807) is 0 Å². The highest BCUT2D eigenvalue weighted by Gasteiger charge is 2.40.